The second-order valence-corrected chi connectivity index (χ2v) is 22.4. The van der Waals surface area contributed by atoms with E-state index in [1.54, 1.807) is 0 Å². The molecule has 0 amide bonds. The first-order chi connectivity index (χ1) is 33.6. The van der Waals surface area contributed by atoms with E-state index in [0.717, 1.165) is 22.9 Å². The van der Waals surface area contributed by atoms with Crippen LogP contribution in [-0.4, -0.2) is 13.5 Å². The van der Waals surface area contributed by atoms with Crippen molar-refractivity contribution in [2.45, 2.75) is 47.0 Å². The average Bonchev–Trinajstić information content (AvgIpc) is 4.09. The Morgan fingerprint density at radius 2 is 1.04 bits per heavy atom. The Morgan fingerprint density at radius 3 is 1.70 bits per heavy atom. The van der Waals surface area contributed by atoms with Gasteiger partial charge in [-0.25, -0.2) is 0 Å². The van der Waals surface area contributed by atoms with Gasteiger partial charge in [-0.15, -0.1) is 22.7 Å². The number of fused-ring (bicyclic) bond motifs is 12. The number of nitrogens with zero attached hydrogens (tertiary/aromatic N) is 2. The van der Waals surface area contributed by atoms with Crippen molar-refractivity contribution in [1.82, 2.24) is 0 Å². The zero-order valence-electron chi connectivity index (χ0n) is 39.4. The van der Waals surface area contributed by atoms with Gasteiger partial charge >= 0.3 is 0 Å². The Hall–Kier alpha value is -7.32. The van der Waals surface area contributed by atoms with E-state index in [2.05, 4.69) is 215 Å². The maximum absolute atomic E-state index is 6.54. The van der Waals surface area contributed by atoms with E-state index >= 15 is 0 Å². The third kappa shape index (κ3) is 6.13. The van der Waals surface area contributed by atoms with Crippen LogP contribution in [0.4, 0.5) is 34.1 Å². The molecule has 0 N–H and O–H groups in total. The van der Waals surface area contributed by atoms with Gasteiger partial charge in [0.1, 0.15) is 0 Å². The Balaban J connectivity index is 0.994. The summed E-state index contributed by atoms with van der Waals surface area (Å²) in [7, 11) is 0. The molecule has 0 radical (unpaired) electrons. The summed E-state index contributed by atoms with van der Waals surface area (Å²) in [6.45, 7) is 13.8. The minimum absolute atomic E-state index is 0.00395. The number of aryl methyl sites for hydroxylation is 3. The van der Waals surface area contributed by atoms with Crippen LogP contribution in [0.25, 0.3) is 62.6 Å². The topological polar surface area (TPSA) is 24.9 Å². The minimum atomic E-state index is -0.0858. The molecule has 0 saturated heterocycles. The summed E-state index contributed by atoms with van der Waals surface area (Å²) in [4.78, 5) is 5.03. The second kappa shape index (κ2) is 14.8. The maximum Gasteiger partial charge on any atom is 0.252 e. The van der Waals surface area contributed by atoms with Crippen LogP contribution in [0.1, 0.15) is 43.0 Å². The molecule has 0 unspecified atom stereocenters. The van der Waals surface area contributed by atoms with Crippen molar-refractivity contribution in [3.05, 3.63) is 186 Å². The number of thiophene rings is 2. The van der Waals surface area contributed by atoms with Crippen molar-refractivity contribution < 1.29 is 9.47 Å². The van der Waals surface area contributed by atoms with Gasteiger partial charge in [0.2, 0.25) is 6.79 Å². The predicted octanol–water partition coefficient (Wildman–Crippen LogP) is 15.8. The van der Waals surface area contributed by atoms with Crippen LogP contribution in [-0.2, 0) is 5.41 Å². The van der Waals surface area contributed by atoms with E-state index in [1.807, 2.05) is 22.7 Å². The molecule has 0 saturated carbocycles. The van der Waals surface area contributed by atoms with Crippen LogP contribution in [0, 0.1) is 20.8 Å². The first-order valence-corrected chi connectivity index (χ1v) is 25.6. The van der Waals surface area contributed by atoms with Crippen LogP contribution in [0.5, 0.6) is 11.5 Å². The fourth-order valence-electron chi connectivity index (χ4n) is 11.6. The predicted molar refractivity (Wildman–Crippen MR) is 296 cm³/mol. The third-order valence-corrected chi connectivity index (χ3v) is 17.1. The molecule has 0 fully saturated rings. The molecule has 2 aromatic heterocycles. The summed E-state index contributed by atoms with van der Waals surface area (Å²) < 4.78 is 18.0. The summed E-state index contributed by atoms with van der Waals surface area (Å²) >= 11 is 3.74. The lowest BCUT2D eigenvalue weighted by Gasteiger charge is -2.45. The van der Waals surface area contributed by atoms with E-state index < -0.39 is 0 Å². The summed E-state index contributed by atoms with van der Waals surface area (Å²) in [6.07, 6.45) is 0. The second-order valence-electron chi connectivity index (χ2n) is 20.2. The van der Waals surface area contributed by atoms with E-state index in [0.29, 0.717) is 0 Å². The van der Waals surface area contributed by atoms with E-state index in [-0.39, 0.29) is 18.9 Å². The standard InChI is InChI=1S/C62H47BN2O2S2/c1-35-27-51-58-52(28-35)65(59-36(2)29-42(30-37(59)3)62(4,5)6)60-48(24-26-53-61(60)67-34-66-53)63(58)49-31-39(41-18-23-47-45-12-8-10-14-55(45)69-57(47)33-41)19-25-50(49)64(51)43-20-15-38(16-21-43)40-17-22-46-44-11-7-9-13-54(44)68-56(46)32-40/h7-33H,34H2,1-6H3. The molecule has 5 heterocycles. The fourth-order valence-corrected chi connectivity index (χ4v) is 13.9. The number of benzene rings is 9. The van der Waals surface area contributed by atoms with Gasteiger partial charge in [-0.2, -0.15) is 0 Å². The molecular formula is C62H47BN2O2S2. The third-order valence-electron chi connectivity index (χ3n) is 14.8. The van der Waals surface area contributed by atoms with E-state index in [1.165, 1.54) is 124 Å². The largest absolute Gasteiger partial charge is 0.454 e. The molecule has 3 aliphatic rings. The Bertz CT molecular complexity index is 3970. The first-order valence-electron chi connectivity index (χ1n) is 23.9. The lowest BCUT2D eigenvalue weighted by atomic mass is 9.33. The number of ether oxygens (including phenoxy) is 2. The minimum Gasteiger partial charge on any atom is -0.454 e. The first kappa shape index (κ1) is 40.7. The Kier molecular flexibility index (Phi) is 8.76. The van der Waals surface area contributed by atoms with Crippen molar-refractivity contribution >= 4 is 120 Å². The normalized spacial score (nSPS) is 13.7. The summed E-state index contributed by atoms with van der Waals surface area (Å²) in [5, 5.41) is 5.27. The number of hydrogen-bond acceptors (Lipinski definition) is 6. The van der Waals surface area contributed by atoms with Gasteiger partial charge < -0.3 is 19.3 Å². The van der Waals surface area contributed by atoms with Crippen LogP contribution < -0.4 is 35.7 Å². The van der Waals surface area contributed by atoms with Gasteiger partial charge in [0.25, 0.3) is 6.71 Å². The van der Waals surface area contributed by atoms with Crippen molar-refractivity contribution in [3.8, 4) is 33.8 Å². The molecule has 0 spiro atoms. The molecule has 0 atom stereocenters. The van der Waals surface area contributed by atoms with Gasteiger partial charge in [0.05, 0.1) is 11.4 Å². The average molecular weight is 927 g/mol. The summed E-state index contributed by atoms with van der Waals surface area (Å²) in [5.41, 5.74) is 20.5. The lowest BCUT2D eigenvalue weighted by Crippen LogP contribution is -2.61. The molecule has 14 rings (SSSR count). The highest BCUT2D eigenvalue weighted by molar-refractivity contribution is 7.26. The summed E-state index contributed by atoms with van der Waals surface area (Å²) in [5.74, 6) is 1.59. The zero-order chi connectivity index (χ0) is 46.4. The molecule has 11 aromatic rings. The Morgan fingerprint density at radius 1 is 0.478 bits per heavy atom. The van der Waals surface area contributed by atoms with Gasteiger partial charge in [-0.3, -0.25) is 0 Å². The van der Waals surface area contributed by atoms with Crippen LogP contribution in [0.2, 0.25) is 0 Å². The highest BCUT2D eigenvalue weighted by atomic mass is 32.1. The van der Waals surface area contributed by atoms with Gasteiger partial charge in [-0.1, -0.05) is 124 Å². The van der Waals surface area contributed by atoms with Crippen LogP contribution in [0.3, 0.4) is 0 Å². The van der Waals surface area contributed by atoms with Gasteiger partial charge in [0.15, 0.2) is 11.5 Å². The van der Waals surface area contributed by atoms with Crippen LogP contribution >= 0.6 is 22.7 Å². The molecule has 0 aliphatic carbocycles. The molecule has 9 aromatic carbocycles. The molecule has 4 nitrogen and oxygen atoms in total. The lowest BCUT2D eigenvalue weighted by molar-refractivity contribution is 0.174. The molecule has 332 valence electrons. The molecule has 7 heteroatoms. The zero-order valence-corrected chi connectivity index (χ0v) is 41.0. The molecular weight excluding hydrogens is 880 g/mol. The highest BCUT2D eigenvalue weighted by Gasteiger charge is 2.46. The summed E-state index contributed by atoms with van der Waals surface area (Å²) in [6, 6.07) is 61.9. The van der Waals surface area contributed by atoms with Gasteiger partial charge in [0, 0.05) is 63.1 Å². The number of rotatable bonds is 4. The quantitative estimate of drug-likeness (QED) is 0.164. The SMILES string of the molecule is Cc1cc2c3c(c1)N(c1c(C)cc(C(C)(C)C)cc1C)c1c(ccc4c1OCO4)B3c1cc(-c3ccc4c(c3)sc3ccccc34)ccc1N2c1ccc(-c2ccc3c(c2)sc2ccccc23)cc1. The van der Waals surface area contributed by atoms with Crippen molar-refractivity contribution in [1.29, 1.82) is 0 Å². The van der Waals surface area contributed by atoms with Crippen molar-refractivity contribution in [3.63, 3.8) is 0 Å². The molecule has 69 heavy (non-hydrogen) atoms. The Labute approximate surface area is 410 Å². The van der Waals surface area contributed by atoms with Gasteiger partial charge in [-0.05, 0) is 148 Å². The molecule has 3 aliphatic heterocycles. The van der Waals surface area contributed by atoms with Crippen LogP contribution in [0.15, 0.2) is 164 Å². The fraction of sp³-hybridized carbons (Fsp3) is 0.129. The monoisotopic (exact) mass is 926 g/mol. The van der Waals surface area contributed by atoms with Crippen molar-refractivity contribution in [2.24, 2.45) is 0 Å². The maximum atomic E-state index is 6.54. The number of hydrogen-bond donors (Lipinski definition) is 0. The smallest absolute Gasteiger partial charge is 0.252 e. The molecule has 0 bridgehead atoms. The van der Waals surface area contributed by atoms with Crippen molar-refractivity contribution in [2.75, 3.05) is 16.6 Å². The number of anilines is 6. The van der Waals surface area contributed by atoms with E-state index in [4.69, 9.17) is 9.47 Å². The van der Waals surface area contributed by atoms with E-state index in [9.17, 15) is 0 Å². The highest BCUT2D eigenvalue weighted by Crippen LogP contribution is 2.52.